The van der Waals surface area contributed by atoms with Gasteiger partial charge in [0.25, 0.3) is 0 Å². The summed E-state index contributed by atoms with van der Waals surface area (Å²) >= 11 is 6.61. The van der Waals surface area contributed by atoms with Crippen molar-refractivity contribution in [2.45, 2.75) is 44.7 Å². The van der Waals surface area contributed by atoms with E-state index in [1.165, 1.54) is 7.11 Å². The predicted octanol–water partition coefficient (Wildman–Crippen LogP) is 4.17. The van der Waals surface area contributed by atoms with E-state index in [9.17, 15) is 14.7 Å². The second-order valence-electron chi connectivity index (χ2n) is 9.37. The van der Waals surface area contributed by atoms with Gasteiger partial charge in [-0.25, -0.2) is 9.59 Å². The third-order valence-electron chi connectivity index (χ3n) is 7.22. The minimum absolute atomic E-state index is 0.106. The lowest BCUT2D eigenvalue weighted by Gasteiger charge is -2.31. The molecule has 1 aromatic carbocycles. The Morgan fingerprint density at radius 1 is 1.16 bits per heavy atom. The van der Waals surface area contributed by atoms with Crippen LogP contribution in [0, 0.1) is 0 Å². The number of fused-ring (bicyclic) bond motifs is 2. The molecule has 1 saturated heterocycles. The van der Waals surface area contributed by atoms with E-state index in [4.69, 9.17) is 21.3 Å². The first kappa shape index (κ1) is 25.2. The zero-order valence-electron chi connectivity index (χ0n) is 20.8. The Morgan fingerprint density at radius 2 is 1.95 bits per heavy atom. The van der Waals surface area contributed by atoms with Crippen LogP contribution in [0.5, 0.6) is 0 Å². The molecule has 37 heavy (non-hydrogen) atoms. The van der Waals surface area contributed by atoms with Gasteiger partial charge in [0.15, 0.2) is 0 Å². The number of hydrogen-bond donors (Lipinski definition) is 1. The molecular weight excluding hydrogens is 494 g/mol. The predicted molar refractivity (Wildman–Crippen MR) is 142 cm³/mol. The van der Waals surface area contributed by atoms with E-state index in [1.807, 2.05) is 24.4 Å². The molecule has 1 N–H and O–H groups in total. The number of aryl methyl sites for hydroxylation is 1. The van der Waals surface area contributed by atoms with Gasteiger partial charge in [-0.05, 0) is 43.1 Å². The summed E-state index contributed by atoms with van der Waals surface area (Å²) in [4.78, 5) is 36.6. The second kappa shape index (κ2) is 10.9. The highest BCUT2D eigenvalue weighted by Gasteiger charge is 2.29. The van der Waals surface area contributed by atoms with Crippen molar-refractivity contribution < 1.29 is 14.6 Å². The Kier molecular flexibility index (Phi) is 7.43. The normalized spacial score (nSPS) is 14.5. The lowest BCUT2D eigenvalue weighted by Crippen LogP contribution is -2.41. The lowest BCUT2D eigenvalue weighted by molar-refractivity contribution is 0.107. The van der Waals surface area contributed by atoms with Crippen LogP contribution in [0.4, 0.5) is 4.79 Å². The number of unbranched alkanes of at least 4 members (excludes halogenated alkanes) is 1. The number of aliphatic hydroxyl groups is 1. The first-order valence-corrected chi connectivity index (χ1v) is 12.9. The van der Waals surface area contributed by atoms with Crippen LogP contribution in [-0.2, 0) is 17.7 Å². The maximum absolute atomic E-state index is 13.9. The molecular formula is C27H30ClN5O4. The van der Waals surface area contributed by atoms with E-state index in [-0.39, 0.29) is 31.0 Å². The number of aromatic nitrogens is 4. The van der Waals surface area contributed by atoms with Crippen LogP contribution in [0.2, 0.25) is 5.02 Å². The van der Waals surface area contributed by atoms with E-state index >= 15 is 0 Å². The van der Waals surface area contributed by atoms with Gasteiger partial charge in [0.2, 0.25) is 0 Å². The number of likely N-dealkylation sites (tertiary alicyclic amines) is 1. The third kappa shape index (κ3) is 4.81. The summed E-state index contributed by atoms with van der Waals surface area (Å²) in [5.41, 5.74) is 3.04. The van der Waals surface area contributed by atoms with Gasteiger partial charge in [0.1, 0.15) is 0 Å². The Bertz CT molecular complexity index is 1490. The van der Waals surface area contributed by atoms with Crippen molar-refractivity contribution in [3.63, 3.8) is 0 Å². The number of hydrogen-bond acceptors (Lipinski definition) is 6. The van der Waals surface area contributed by atoms with Crippen LogP contribution >= 0.6 is 11.6 Å². The number of amides is 1. The van der Waals surface area contributed by atoms with Gasteiger partial charge in [-0.3, -0.25) is 19.1 Å². The molecule has 10 heteroatoms. The standard InChI is InChI=1S/C27H30ClN5O4/c1-37-27(36)31-11-9-19(10-12-31)33-25-22(28)15-29-16-24(25)32(26(33)35)17-23-21(8-4-5-13-34)20-7-3-2-6-18(20)14-30-23/h2-3,6-7,14-16,19,34H,4-5,8-13,17H2,1H3. The fourth-order valence-electron chi connectivity index (χ4n) is 5.35. The average molecular weight is 524 g/mol. The molecule has 0 bridgehead atoms. The molecule has 1 fully saturated rings. The Balaban J connectivity index is 1.57. The van der Waals surface area contributed by atoms with Gasteiger partial charge < -0.3 is 14.7 Å². The molecule has 5 rings (SSSR count). The van der Waals surface area contributed by atoms with Gasteiger partial charge in [0, 0.05) is 43.5 Å². The van der Waals surface area contributed by atoms with Crippen molar-refractivity contribution in [3.05, 3.63) is 69.6 Å². The number of halogens is 1. The number of carbonyl (C=O) groups is 1. The number of piperidine rings is 1. The van der Waals surface area contributed by atoms with E-state index < -0.39 is 0 Å². The molecule has 0 saturated carbocycles. The summed E-state index contributed by atoms with van der Waals surface area (Å²) in [6.07, 6.45) is 8.24. The molecule has 0 spiro atoms. The highest BCUT2D eigenvalue weighted by molar-refractivity contribution is 6.34. The summed E-state index contributed by atoms with van der Waals surface area (Å²) in [5.74, 6) is 0. The molecule has 0 atom stereocenters. The van der Waals surface area contributed by atoms with Crippen molar-refractivity contribution in [2.75, 3.05) is 26.8 Å². The highest BCUT2D eigenvalue weighted by Crippen LogP contribution is 2.30. The average Bonchev–Trinajstić information content (AvgIpc) is 3.21. The minimum atomic E-state index is -0.355. The van der Waals surface area contributed by atoms with Crippen LogP contribution in [0.25, 0.3) is 21.8 Å². The van der Waals surface area contributed by atoms with Gasteiger partial charge in [-0.15, -0.1) is 0 Å². The first-order chi connectivity index (χ1) is 18.0. The van der Waals surface area contributed by atoms with Crippen molar-refractivity contribution in [3.8, 4) is 0 Å². The Morgan fingerprint density at radius 3 is 2.70 bits per heavy atom. The molecule has 194 valence electrons. The maximum atomic E-state index is 13.9. The summed E-state index contributed by atoms with van der Waals surface area (Å²) in [6, 6.07) is 7.99. The first-order valence-electron chi connectivity index (χ1n) is 12.6. The fraction of sp³-hybridized carbons (Fsp3) is 0.407. The van der Waals surface area contributed by atoms with Gasteiger partial charge >= 0.3 is 11.8 Å². The second-order valence-corrected chi connectivity index (χ2v) is 9.77. The number of pyridine rings is 2. The fourth-order valence-corrected chi connectivity index (χ4v) is 5.60. The molecule has 1 aliphatic heterocycles. The summed E-state index contributed by atoms with van der Waals surface area (Å²) in [6.45, 7) is 1.42. The van der Waals surface area contributed by atoms with Gasteiger partial charge in [-0.2, -0.15) is 0 Å². The van der Waals surface area contributed by atoms with Crippen molar-refractivity contribution in [1.29, 1.82) is 0 Å². The maximum Gasteiger partial charge on any atom is 0.409 e. The minimum Gasteiger partial charge on any atom is -0.453 e. The largest absolute Gasteiger partial charge is 0.453 e. The number of aliphatic hydroxyl groups excluding tert-OH is 1. The number of methoxy groups -OCH3 is 1. The number of imidazole rings is 1. The smallest absolute Gasteiger partial charge is 0.409 e. The van der Waals surface area contributed by atoms with E-state index in [0.29, 0.717) is 48.4 Å². The number of carbonyl (C=O) groups excluding carboxylic acids is 1. The van der Waals surface area contributed by atoms with Crippen molar-refractivity contribution in [1.82, 2.24) is 24.0 Å². The van der Waals surface area contributed by atoms with E-state index in [1.54, 1.807) is 26.4 Å². The molecule has 4 heterocycles. The third-order valence-corrected chi connectivity index (χ3v) is 7.50. The SMILES string of the molecule is COC(=O)N1CCC(n2c(=O)n(Cc3ncc4ccccc4c3CCCCO)c3cncc(Cl)c32)CC1. The molecule has 0 aliphatic carbocycles. The summed E-state index contributed by atoms with van der Waals surface area (Å²) in [7, 11) is 1.37. The van der Waals surface area contributed by atoms with Crippen molar-refractivity contribution >= 4 is 39.5 Å². The lowest BCUT2D eigenvalue weighted by atomic mass is 9.99. The van der Waals surface area contributed by atoms with Crippen LogP contribution in [0.1, 0.15) is 43.0 Å². The van der Waals surface area contributed by atoms with Crippen LogP contribution < -0.4 is 5.69 Å². The molecule has 9 nitrogen and oxygen atoms in total. The van der Waals surface area contributed by atoms with Crippen LogP contribution in [-0.4, -0.2) is 62.0 Å². The van der Waals surface area contributed by atoms with Gasteiger partial charge in [-0.1, -0.05) is 35.9 Å². The molecule has 1 aliphatic rings. The van der Waals surface area contributed by atoms with E-state index in [2.05, 4.69) is 11.1 Å². The van der Waals surface area contributed by atoms with E-state index in [0.717, 1.165) is 34.9 Å². The Labute approximate surface area is 219 Å². The van der Waals surface area contributed by atoms with Gasteiger partial charge in [0.05, 0.1) is 41.6 Å². The quantitative estimate of drug-likeness (QED) is 0.365. The molecule has 3 aromatic heterocycles. The highest BCUT2D eigenvalue weighted by atomic mass is 35.5. The zero-order valence-corrected chi connectivity index (χ0v) is 21.5. The summed E-state index contributed by atoms with van der Waals surface area (Å²) < 4.78 is 8.32. The molecule has 4 aromatic rings. The Hall–Kier alpha value is -3.43. The van der Waals surface area contributed by atoms with Crippen molar-refractivity contribution in [2.24, 2.45) is 0 Å². The molecule has 1 amide bonds. The zero-order chi connectivity index (χ0) is 25.9. The summed E-state index contributed by atoms with van der Waals surface area (Å²) in [5, 5.41) is 11.9. The van der Waals surface area contributed by atoms with Crippen LogP contribution in [0.3, 0.4) is 0 Å². The topological polar surface area (TPSA) is 102 Å². The number of rotatable bonds is 7. The molecule has 0 unspecified atom stereocenters. The number of ether oxygens (including phenoxy) is 1. The monoisotopic (exact) mass is 523 g/mol. The van der Waals surface area contributed by atoms with Crippen LogP contribution in [0.15, 0.2) is 47.7 Å². The number of nitrogens with zero attached hydrogens (tertiary/aromatic N) is 5. The number of benzene rings is 1. The molecule has 0 radical (unpaired) electrons.